The Bertz CT molecular complexity index is 903. The third-order valence-electron chi connectivity index (χ3n) is 3.62. The maximum absolute atomic E-state index is 14.1. The highest BCUT2D eigenvalue weighted by Crippen LogP contribution is 2.25. The average molecular weight is 385 g/mol. The molecule has 0 fully saturated rings. The van der Waals surface area contributed by atoms with E-state index in [1.165, 1.54) is 25.1 Å². The highest BCUT2D eigenvalue weighted by atomic mass is 35.5. The van der Waals surface area contributed by atoms with Crippen LogP contribution in [0.1, 0.15) is 12.5 Å². The normalized spacial score (nSPS) is 12.5. The summed E-state index contributed by atoms with van der Waals surface area (Å²) in [6.07, 6.45) is 0.927. The van der Waals surface area contributed by atoms with E-state index in [4.69, 9.17) is 11.6 Å². The smallest absolute Gasteiger partial charge is 0.248 e. The van der Waals surface area contributed by atoms with Crippen LogP contribution in [0, 0.1) is 12.7 Å². The quantitative estimate of drug-likeness (QED) is 0.856. The Hall–Kier alpha value is -2.12. The summed E-state index contributed by atoms with van der Waals surface area (Å²) in [6.45, 7) is 3.16. The number of aryl methyl sites for hydroxylation is 1. The molecule has 1 atom stereocenters. The van der Waals surface area contributed by atoms with Gasteiger partial charge >= 0.3 is 0 Å². The van der Waals surface area contributed by atoms with E-state index in [2.05, 4.69) is 5.32 Å². The number of benzene rings is 2. The molecule has 0 aromatic heterocycles. The molecule has 0 unspecified atom stereocenters. The molecule has 25 heavy (non-hydrogen) atoms. The number of hydrogen-bond acceptors (Lipinski definition) is 3. The molecule has 0 bridgehead atoms. The number of rotatable bonds is 5. The minimum Gasteiger partial charge on any atom is -0.324 e. The first-order valence-electron chi connectivity index (χ1n) is 7.42. The van der Waals surface area contributed by atoms with Gasteiger partial charge < -0.3 is 5.32 Å². The van der Waals surface area contributed by atoms with Crippen LogP contribution in [0.4, 0.5) is 15.8 Å². The fourth-order valence-corrected chi connectivity index (χ4v) is 3.82. The number of hydrogen-bond donors (Lipinski definition) is 1. The lowest BCUT2D eigenvalue weighted by Crippen LogP contribution is -2.45. The van der Waals surface area contributed by atoms with E-state index >= 15 is 0 Å². The number of anilines is 2. The SMILES string of the molecule is Cc1cc(Cl)ccc1NC(=O)[C@@H](C)N(c1ccccc1F)S(C)(=O)=O. The number of halogens is 2. The summed E-state index contributed by atoms with van der Waals surface area (Å²) in [5, 5.41) is 3.17. The highest BCUT2D eigenvalue weighted by molar-refractivity contribution is 7.92. The predicted octanol–water partition coefficient (Wildman–Crippen LogP) is 3.58. The molecule has 2 rings (SSSR count). The van der Waals surface area contributed by atoms with E-state index in [1.807, 2.05) is 0 Å². The Kier molecular flexibility index (Phi) is 5.69. The van der Waals surface area contributed by atoms with Gasteiger partial charge in [0, 0.05) is 10.7 Å². The Morgan fingerprint density at radius 1 is 1.24 bits per heavy atom. The summed E-state index contributed by atoms with van der Waals surface area (Å²) in [6, 6.07) is 9.16. The van der Waals surface area contributed by atoms with Gasteiger partial charge in [-0.1, -0.05) is 23.7 Å². The molecular formula is C17H18ClFN2O3S. The lowest BCUT2D eigenvalue weighted by atomic mass is 10.2. The largest absolute Gasteiger partial charge is 0.324 e. The van der Waals surface area contributed by atoms with Crippen molar-refractivity contribution in [3.63, 3.8) is 0 Å². The zero-order valence-corrected chi connectivity index (χ0v) is 15.5. The van der Waals surface area contributed by atoms with E-state index in [9.17, 15) is 17.6 Å². The van der Waals surface area contributed by atoms with Gasteiger partial charge in [0.05, 0.1) is 11.9 Å². The molecule has 8 heteroatoms. The number of amides is 1. The molecule has 2 aromatic carbocycles. The van der Waals surface area contributed by atoms with Crippen LogP contribution in [-0.4, -0.2) is 26.6 Å². The Labute approximate surface area is 151 Å². The van der Waals surface area contributed by atoms with Crippen molar-refractivity contribution < 1.29 is 17.6 Å². The van der Waals surface area contributed by atoms with Crippen molar-refractivity contribution in [2.75, 3.05) is 15.9 Å². The summed E-state index contributed by atoms with van der Waals surface area (Å²) >= 11 is 5.88. The van der Waals surface area contributed by atoms with E-state index in [0.29, 0.717) is 10.7 Å². The Morgan fingerprint density at radius 3 is 2.44 bits per heavy atom. The molecule has 134 valence electrons. The van der Waals surface area contributed by atoms with Crippen LogP contribution in [0.3, 0.4) is 0 Å². The first kappa shape index (κ1) is 19.2. The number of nitrogens with zero attached hydrogens (tertiary/aromatic N) is 1. The molecule has 0 heterocycles. The summed E-state index contributed by atoms with van der Waals surface area (Å²) in [4.78, 5) is 12.5. The topological polar surface area (TPSA) is 66.5 Å². The summed E-state index contributed by atoms with van der Waals surface area (Å²) in [5.74, 6) is -1.31. The maximum Gasteiger partial charge on any atom is 0.248 e. The van der Waals surface area contributed by atoms with Crippen LogP contribution < -0.4 is 9.62 Å². The first-order chi connectivity index (χ1) is 11.6. The lowest BCUT2D eigenvalue weighted by Gasteiger charge is -2.28. The van der Waals surface area contributed by atoms with Gasteiger partial charge in [-0.05, 0) is 49.7 Å². The van der Waals surface area contributed by atoms with Gasteiger partial charge in [0.1, 0.15) is 11.9 Å². The van der Waals surface area contributed by atoms with Crippen molar-refractivity contribution in [2.24, 2.45) is 0 Å². The number of para-hydroxylation sites is 1. The van der Waals surface area contributed by atoms with Crippen LogP contribution >= 0.6 is 11.6 Å². The minimum absolute atomic E-state index is 0.180. The fraction of sp³-hybridized carbons (Fsp3) is 0.235. The Morgan fingerprint density at radius 2 is 1.88 bits per heavy atom. The zero-order valence-electron chi connectivity index (χ0n) is 14.0. The van der Waals surface area contributed by atoms with Crippen molar-refractivity contribution in [3.8, 4) is 0 Å². The van der Waals surface area contributed by atoms with E-state index in [1.54, 1.807) is 25.1 Å². The third-order valence-corrected chi connectivity index (χ3v) is 5.09. The van der Waals surface area contributed by atoms with Crippen molar-refractivity contribution in [3.05, 3.63) is 58.9 Å². The number of carbonyl (C=O) groups is 1. The molecule has 0 radical (unpaired) electrons. The molecule has 1 amide bonds. The summed E-state index contributed by atoms with van der Waals surface area (Å²) in [7, 11) is -3.88. The second kappa shape index (κ2) is 7.41. The lowest BCUT2D eigenvalue weighted by molar-refractivity contribution is -0.116. The van der Waals surface area contributed by atoms with Crippen LogP contribution in [0.5, 0.6) is 0 Å². The summed E-state index contributed by atoms with van der Waals surface area (Å²) in [5.41, 5.74) is 1.05. The standard InChI is InChI=1S/C17H18ClFN2O3S/c1-11-10-13(18)8-9-15(11)20-17(22)12(2)21(25(3,23)24)16-7-5-4-6-14(16)19/h4-10,12H,1-3H3,(H,20,22)/t12-/m1/s1. The summed E-state index contributed by atoms with van der Waals surface area (Å²) < 4.78 is 39.2. The molecule has 1 N–H and O–H groups in total. The highest BCUT2D eigenvalue weighted by Gasteiger charge is 2.31. The molecule has 0 aliphatic carbocycles. The van der Waals surface area contributed by atoms with Gasteiger partial charge in [-0.3, -0.25) is 9.10 Å². The first-order valence-corrected chi connectivity index (χ1v) is 9.65. The van der Waals surface area contributed by atoms with Gasteiger partial charge in [0.2, 0.25) is 15.9 Å². The van der Waals surface area contributed by atoms with Crippen molar-refractivity contribution in [1.82, 2.24) is 0 Å². The van der Waals surface area contributed by atoms with Crippen LogP contribution in [0.15, 0.2) is 42.5 Å². The van der Waals surface area contributed by atoms with Gasteiger partial charge in [0.25, 0.3) is 0 Å². The number of carbonyl (C=O) groups excluding carboxylic acids is 1. The second-order valence-electron chi connectivity index (χ2n) is 5.63. The maximum atomic E-state index is 14.1. The van der Waals surface area contributed by atoms with Gasteiger partial charge in [-0.25, -0.2) is 12.8 Å². The van der Waals surface area contributed by atoms with Crippen LogP contribution in [-0.2, 0) is 14.8 Å². The monoisotopic (exact) mass is 384 g/mol. The van der Waals surface area contributed by atoms with Crippen molar-refractivity contribution >= 4 is 38.9 Å². The number of nitrogens with one attached hydrogen (secondary N) is 1. The predicted molar refractivity (Wildman–Crippen MR) is 98.0 cm³/mol. The second-order valence-corrected chi connectivity index (χ2v) is 7.93. The third kappa shape index (κ3) is 4.49. The molecule has 0 aliphatic heterocycles. The minimum atomic E-state index is -3.88. The van der Waals surface area contributed by atoms with Gasteiger partial charge in [-0.15, -0.1) is 0 Å². The van der Waals surface area contributed by atoms with Crippen molar-refractivity contribution in [2.45, 2.75) is 19.9 Å². The van der Waals surface area contributed by atoms with Gasteiger partial charge in [0.15, 0.2) is 0 Å². The van der Waals surface area contributed by atoms with E-state index in [0.717, 1.165) is 22.2 Å². The molecule has 5 nitrogen and oxygen atoms in total. The van der Waals surface area contributed by atoms with Gasteiger partial charge in [-0.2, -0.15) is 0 Å². The van der Waals surface area contributed by atoms with Crippen molar-refractivity contribution in [1.29, 1.82) is 0 Å². The average Bonchev–Trinajstić information content (AvgIpc) is 2.50. The molecule has 0 spiro atoms. The van der Waals surface area contributed by atoms with E-state index < -0.39 is 27.8 Å². The van der Waals surface area contributed by atoms with Crippen LogP contribution in [0.2, 0.25) is 5.02 Å². The zero-order chi connectivity index (χ0) is 18.8. The van der Waals surface area contributed by atoms with Crippen LogP contribution in [0.25, 0.3) is 0 Å². The molecule has 0 saturated carbocycles. The molecular weight excluding hydrogens is 367 g/mol. The number of sulfonamides is 1. The molecule has 0 saturated heterocycles. The fourth-order valence-electron chi connectivity index (χ4n) is 2.42. The van der Waals surface area contributed by atoms with E-state index in [-0.39, 0.29) is 5.69 Å². The molecule has 2 aromatic rings. The molecule has 0 aliphatic rings. The Balaban J connectivity index is 2.35.